The standard InChI is InChI=1S/C35H42O4/c1-34(2)17-7-12-32(34)31-18-23(13-16-29(31)25-8-5-10-27(19-25)35(3,4)38)22-39-28-11-6-9-26(20-28)30(21-33(36)37)24-14-15-24/h5-6,8-11,13,16,18-20,24,30,32,38H,7,12,14-15,17,21-22H2,1-4H3,(H,36,37). The molecule has 4 heteroatoms. The molecule has 3 aromatic carbocycles. The third-order valence-electron chi connectivity index (χ3n) is 8.91. The first-order valence-electron chi connectivity index (χ1n) is 14.4. The molecule has 2 aliphatic carbocycles. The van der Waals surface area contributed by atoms with Crippen molar-refractivity contribution in [2.45, 2.75) is 90.3 Å². The van der Waals surface area contributed by atoms with Crippen LogP contribution in [-0.2, 0) is 17.0 Å². The maximum Gasteiger partial charge on any atom is 0.303 e. The van der Waals surface area contributed by atoms with E-state index < -0.39 is 11.6 Å². The molecule has 0 saturated heterocycles. The molecule has 0 radical (unpaired) electrons. The van der Waals surface area contributed by atoms with E-state index in [0.29, 0.717) is 18.4 Å². The van der Waals surface area contributed by atoms with Crippen molar-refractivity contribution in [2.75, 3.05) is 0 Å². The Morgan fingerprint density at radius 1 is 1.03 bits per heavy atom. The highest BCUT2D eigenvalue weighted by molar-refractivity contribution is 5.70. The third kappa shape index (κ3) is 6.38. The lowest BCUT2D eigenvalue weighted by molar-refractivity contribution is -0.137. The largest absolute Gasteiger partial charge is 0.489 e. The van der Waals surface area contributed by atoms with Crippen molar-refractivity contribution in [1.82, 2.24) is 0 Å². The predicted octanol–water partition coefficient (Wildman–Crippen LogP) is 8.42. The molecule has 5 rings (SSSR count). The lowest BCUT2D eigenvalue weighted by Crippen LogP contribution is -2.17. The van der Waals surface area contributed by atoms with Gasteiger partial charge in [0.15, 0.2) is 0 Å². The zero-order chi connectivity index (χ0) is 27.8. The minimum atomic E-state index is -0.895. The van der Waals surface area contributed by atoms with E-state index in [2.05, 4.69) is 44.2 Å². The lowest BCUT2D eigenvalue weighted by atomic mass is 9.75. The molecule has 2 aliphatic rings. The van der Waals surface area contributed by atoms with E-state index >= 15 is 0 Å². The number of carboxylic acid groups (broad SMARTS) is 1. The van der Waals surface area contributed by atoms with Gasteiger partial charge >= 0.3 is 5.97 Å². The van der Waals surface area contributed by atoms with Gasteiger partial charge in [-0.05, 0) is 114 Å². The Balaban J connectivity index is 1.42. The Bertz CT molecular complexity index is 1330. The van der Waals surface area contributed by atoms with Crippen LogP contribution in [0.25, 0.3) is 11.1 Å². The Morgan fingerprint density at radius 2 is 1.79 bits per heavy atom. The van der Waals surface area contributed by atoms with Gasteiger partial charge in [-0.3, -0.25) is 4.79 Å². The predicted molar refractivity (Wildman–Crippen MR) is 156 cm³/mol. The summed E-state index contributed by atoms with van der Waals surface area (Å²) < 4.78 is 6.29. The smallest absolute Gasteiger partial charge is 0.303 e. The van der Waals surface area contributed by atoms with Gasteiger partial charge in [0, 0.05) is 0 Å². The average molecular weight is 527 g/mol. The van der Waals surface area contributed by atoms with Gasteiger partial charge in [-0.2, -0.15) is 0 Å². The molecule has 2 N–H and O–H groups in total. The Kier molecular flexibility index (Phi) is 7.61. The minimum Gasteiger partial charge on any atom is -0.489 e. The maximum absolute atomic E-state index is 11.5. The highest BCUT2D eigenvalue weighted by Crippen LogP contribution is 2.51. The van der Waals surface area contributed by atoms with Crippen LogP contribution in [0.4, 0.5) is 0 Å². The fraction of sp³-hybridized carbons (Fsp3) is 0.457. The lowest BCUT2D eigenvalue weighted by Gasteiger charge is -2.30. The second kappa shape index (κ2) is 10.8. The van der Waals surface area contributed by atoms with E-state index in [-0.39, 0.29) is 17.8 Å². The summed E-state index contributed by atoms with van der Waals surface area (Å²) in [5.74, 6) is 1.02. The molecule has 0 spiro atoms. The topological polar surface area (TPSA) is 66.8 Å². The quantitative estimate of drug-likeness (QED) is 0.278. The monoisotopic (exact) mass is 526 g/mol. The zero-order valence-corrected chi connectivity index (χ0v) is 23.7. The van der Waals surface area contributed by atoms with Gasteiger partial charge in [-0.15, -0.1) is 0 Å². The molecule has 0 bridgehead atoms. The Hall–Kier alpha value is -3.11. The SMILES string of the molecule is CC(C)(O)c1cccc(-c2ccc(COc3cccc(C(CC(=O)O)C4CC4)c3)cc2C2CCCC2(C)C)c1. The summed E-state index contributed by atoms with van der Waals surface area (Å²) in [6.07, 6.45) is 6.00. The molecule has 0 amide bonds. The van der Waals surface area contributed by atoms with Gasteiger partial charge in [0.25, 0.3) is 0 Å². The van der Waals surface area contributed by atoms with Crippen molar-refractivity contribution in [3.8, 4) is 16.9 Å². The summed E-state index contributed by atoms with van der Waals surface area (Å²) in [5, 5.41) is 20.0. The van der Waals surface area contributed by atoms with E-state index in [1.165, 1.54) is 30.4 Å². The highest BCUT2D eigenvalue weighted by atomic mass is 16.5. The number of carbonyl (C=O) groups is 1. The van der Waals surface area contributed by atoms with Crippen molar-refractivity contribution in [3.63, 3.8) is 0 Å². The second-order valence-electron chi connectivity index (χ2n) is 12.9. The fourth-order valence-corrected chi connectivity index (χ4v) is 6.47. The average Bonchev–Trinajstić information content (AvgIpc) is 3.67. The van der Waals surface area contributed by atoms with Crippen LogP contribution in [0.3, 0.4) is 0 Å². The van der Waals surface area contributed by atoms with Gasteiger partial charge in [-0.1, -0.05) is 68.8 Å². The molecule has 4 nitrogen and oxygen atoms in total. The van der Waals surface area contributed by atoms with Crippen molar-refractivity contribution < 1.29 is 19.7 Å². The van der Waals surface area contributed by atoms with Crippen LogP contribution in [0.1, 0.15) is 100 Å². The first-order valence-corrected chi connectivity index (χ1v) is 14.4. The molecule has 206 valence electrons. The Labute approximate surface area is 233 Å². The summed E-state index contributed by atoms with van der Waals surface area (Å²) in [5.41, 5.74) is 6.15. The fourth-order valence-electron chi connectivity index (χ4n) is 6.47. The zero-order valence-electron chi connectivity index (χ0n) is 23.7. The molecule has 0 aliphatic heterocycles. The first kappa shape index (κ1) is 27.5. The summed E-state index contributed by atoms with van der Waals surface area (Å²) in [6, 6.07) is 23.0. The van der Waals surface area contributed by atoms with E-state index in [1.54, 1.807) is 0 Å². The van der Waals surface area contributed by atoms with Crippen LogP contribution in [0.5, 0.6) is 5.75 Å². The van der Waals surface area contributed by atoms with Crippen LogP contribution in [0.2, 0.25) is 0 Å². The van der Waals surface area contributed by atoms with Crippen LogP contribution in [0.15, 0.2) is 66.7 Å². The van der Waals surface area contributed by atoms with Gasteiger partial charge in [0.1, 0.15) is 12.4 Å². The van der Waals surface area contributed by atoms with Gasteiger partial charge in [-0.25, -0.2) is 0 Å². The summed E-state index contributed by atoms with van der Waals surface area (Å²) in [7, 11) is 0. The van der Waals surface area contributed by atoms with Crippen LogP contribution in [-0.4, -0.2) is 16.2 Å². The number of aliphatic hydroxyl groups is 1. The summed E-state index contributed by atoms with van der Waals surface area (Å²) >= 11 is 0. The molecule has 39 heavy (non-hydrogen) atoms. The van der Waals surface area contributed by atoms with Crippen molar-refractivity contribution >= 4 is 5.97 Å². The summed E-state index contributed by atoms with van der Waals surface area (Å²) in [4.78, 5) is 11.5. The van der Waals surface area contributed by atoms with E-state index in [4.69, 9.17) is 4.74 Å². The van der Waals surface area contributed by atoms with Gasteiger partial charge < -0.3 is 14.9 Å². The molecule has 3 aromatic rings. The number of benzene rings is 3. The molecular weight excluding hydrogens is 484 g/mol. The van der Waals surface area contributed by atoms with Crippen LogP contribution in [0, 0.1) is 11.3 Å². The molecule has 0 heterocycles. The molecule has 2 saturated carbocycles. The van der Waals surface area contributed by atoms with Crippen molar-refractivity contribution in [3.05, 3.63) is 89.0 Å². The molecule has 0 aromatic heterocycles. The molecule has 2 atom stereocenters. The molecule has 2 fully saturated rings. The number of hydrogen-bond donors (Lipinski definition) is 2. The number of hydrogen-bond acceptors (Lipinski definition) is 3. The van der Waals surface area contributed by atoms with E-state index in [0.717, 1.165) is 40.8 Å². The van der Waals surface area contributed by atoms with E-state index in [1.807, 2.05) is 50.2 Å². The van der Waals surface area contributed by atoms with Crippen molar-refractivity contribution in [1.29, 1.82) is 0 Å². The van der Waals surface area contributed by atoms with E-state index in [9.17, 15) is 15.0 Å². The number of aliphatic carboxylic acids is 1. The maximum atomic E-state index is 11.5. The Morgan fingerprint density at radius 3 is 2.46 bits per heavy atom. The molecular formula is C35H42O4. The normalized spacial score (nSPS) is 19.6. The third-order valence-corrected chi connectivity index (χ3v) is 8.91. The minimum absolute atomic E-state index is 0.0567. The van der Waals surface area contributed by atoms with Gasteiger partial charge in [0.05, 0.1) is 12.0 Å². The number of ether oxygens (including phenoxy) is 1. The molecule has 2 unspecified atom stereocenters. The summed E-state index contributed by atoms with van der Waals surface area (Å²) in [6.45, 7) is 8.88. The van der Waals surface area contributed by atoms with Gasteiger partial charge in [0.2, 0.25) is 0 Å². The highest BCUT2D eigenvalue weighted by Gasteiger charge is 2.37. The second-order valence-corrected chi connectivity index (χ2v) is 12.9. The number of rotatable bonds is 10. The van der Waals surface area contributed by atoms with Crippen LogP contribution < -0.4 is 4.74 Å². The van der Waals surface area contributed by atoms with Crippen LogP contribution >= 0.6 is 0 Å². The van der Waals surface area contributed by atoms with Crippen molar-refractivity contribution in [2.24, 2.45) is 11.3 Å². The first-order chi connectivity index (χ1) is 18.5. The number of carboxylic acids is 1.